The largest absolute Gasteiger partial charge is 0.495 e. The van der Waals surface area contributed by atoms with Crippen molar-refractivity contribution in [1.29, 1.82) is 0 Å². The van der Waals surface area contributed by atoms with E-state index >= 15 is 0 Å². The van der Waals surface area contributed by atoms with Crippen LogP contribution in [-0.2, 0) is 20.2 Å². The fraction of sp³-hybridized carbons (Fsp3) is 0.409. The molecule has 8 heteroatoms. The summed E-state index contributed by atoms with van der Waals surface area (Å²) >= 11 is 6.00. The van der Waals surface area contributed by atoms with Crippen molar-refractivity contribution < 1.29 is 17.9 Å². The van der Waals surface area contributed by atoms with Crippen molar-refractivity contribution in [2.75, 3.05) is 25.5 Å². The predicted octanol–water partition coefficient (Wildman–Crippen LogP) is 4.44. The highest BCUT2D eigenvalue weighted by atomic mass is 35.5. The van der Waals surface area contributed by atoms with Gasteiger partial charge in [-0.05, 0) is 48.7 Å². The minimum Gasteiger partial charge on any atom is -0.495 e. The highest BCUT2D eigenvalue weighted by Gasteiger charge is 2.45. The van der Waals surface area contributed by atoms with Gasteiger partial charge >= 0.3 is 0 Å². The van der Waals surface area contributed by atoms with E-state index in [1.54, 1.807) is 32.0 Å². The Labute approximate surface area is 183 Å². The fourth-order valence-electron chi connectivity index (χ4n) is 3.85. The molecule has 3 rings (SSSR count). The summed E-state index contributed by atoms with van der Waals surface area (Å²) in [6, 6.07) is 11.9. The summed E-state index contributed by atoms with van der Waals surface area (Å²) in [6.45, 7) is 4.32. The van der Waals surface area contributed by atoms with E-state index in [9.17, 15) is 13.2 Å². The minimum absolute atomic E-state index is 0.122. The van der Waals surface area contributed by atoms with Gasteiger partial charge in [-0.15, -0.1) is 0 Å². The van der Waals surface area contributed by atoms with Crippen LogP contribution in [0.2, 0.25) is 5.02 Å². The molecule has 162 valence electrons. The predicted molar refractivity (Wildman–Crippen MR) is 119 cm³/mol. The Bertz CT molecular complexity index is 1010. The maximum atomic E-state index is 13.3. The van der Waals surface area contributed by atoms with E-state index in [1.165, 1.54) is 23.5 Å². The first-order valence-electron chi connectivity index (χ1n) is 10.0. The van der Waals surface area contributed by atoms with Gasteiger partial charge in [0.05, 0.1) is 23.1 Å². The van der Waals surface area contributed by atoms with Crippen molar-refractivity contribution in [3.8, 4) is 5.75 Å². The average Bonchev–Trinajstić information content (AvgIpc) is 2.69. The number of nitrogens with one attached hydrogen (secondary N) is 1. The SMILES string of the molecule is CCN(CC)S(=O)(=O)c1ccc(OC)c(NC(=O)C2(c3ccc(Cl)cc3)CCC2)c1. The molecule has 0 aromatic heterocycles. The molecule has 1 saturated carbocycles. The molecule has 0 radical (unpaired) electrons. The van der Waals surface area contributed by atoms with E-state index < -0.39 is 15.4 Å². The molecule has 0 spiro atoms. The molecule has 0 heterocycles. The molecule has 1 aliphatic rings. The van der Waals surface area contributed by atoms with Crippen molar-refractivity contribution in [3.05, 3.63) is 53.1 Å². The van der Waals surface area contributed by atoms with Crippen LogP contribution in [0, 0.1) is 0 Å². The van der Waals surface area contributed by atoms with E-state index in [0.29, 0.717) is 29.5 Å². The third-order valence-electron chi connectivity index (χ3n) is 5.80. The number of sulfonamides is 1. The Morgan fingerprint density at radius 3 is 2.27 bits per heavy atom. The average molecular weight is 451 g/mol. The van der Waals surface area contributed by atoms with Crippen LogP contribution in [0.3, 0.4) is 0 Å². The van der Waals surface area contributed by atoms with Gasteiger partial charge in [0.25, 0.3) is 0 Å². The normalized spacial score (nSPS) is 15.5. The Kier molecular flexibility index (Phi) is 6.75. The number of carbonyl (C=O) groups excluding carboxylic acids is 1. The summed E-state index contributed by atoms with van der Waals surface area (Å²) in [5, 5.41) is 3.54. The van der Waals surface area contributed by atoms with Crippen LogP contribution in [0.4, 0.5) is 5.69 Å². The lowest BCUT2D eigenvalue weighted by molar-refractivity contribution is -0.124. The number of benzene rings is 2. The Morgan fingerprint density at radius 1 is 1.13 bits per heavy atom. The zero-order valence-corrected chi connectivity index (χ0v) is 19.0. The lowest BCUT2D eigenvalue weighted by Crippen LogP contribution is -2.46. The van der Waals surface area contributed by atoms with Crippen molar-refractivity contribution in [2.45, 2.75) is 43.4 Å². The van der Waals surface area contributed by atoms with Gasteiger partial charge < -0.3 is 10.1 Å². The van der Waals surface area contributed by atoms with Gasteiger partial charge in [-0.1, -0.05) is 44.0 Å². The van der Waals surface area contributed by atoms with Gasteiger partial charge in [0.1, 0.15) is 5.75 Å². The Morgan fingerprint density at radius 2 is 1.77 bits per heavy atom. The molecule has 0 atom stereocenters. The van der Waals surface area contributed by atoms with E-state index in [-0.39, 0.29) is 10.8 Å². The van der Waals surface area contributed by atoms with Crippen LogP contribution >= 0.6 is 11.6 Å². The molecule has 0 unspecified atom stereocenters. The third kappa shape index (κ3) is 4.06. The van der Waals surface area contributed by atoms with Gasteiger partial charge in [-0.25, -0.2) is 8.42 Å². The first-order chi connectivity index (χ1) is 14.3. The molecule has 1 aliphatic carbocycles. The molecule has 1 amide bonds. The number of carbonyl (C=O) groups is 1. The molecule has 0 aliphatic heterocycles. The number of amides is 1. The molecular weight excluding hydrogens is 424 g/mol. The fourth-order valence-corrected chi connectivity index (χ4v) is 5.46. The summed E-state index contributed by atoms with van der Waals surface area (Å²) in [4.78, 5) is 13.4. The number of hydrogen-bond donors (Lipinski definition) is 1. The van der Waals surface area contributed by atoms with Gasteiger partial charge in [-0.3, -0.25) is 4.79 Å². The molecule has 2 aromatic rings. The number of hydrogen-bond acceptors (Lipinski definition) is 4. The smallest absolute Gasteiger partial charge is 0.243 e. The first kappa shape index (κ1) is 22.6. The van der Waals surface area contributed by atoms with E-state index in [0.717, 1.165) is 24.8 Å². The van der Waals surface area contributed by atoms with Gasteiger partial charge in [0, 0.05) is 18.1 Å². The van der Waals surface area contributed by atoms with Crippen LogP contribution < -0.4 is 10.1 Å². The molecule has 6 nitrogen and oxygen atoms in total. The Balaban J connectivity index is 1.95. The highest BCUT2D eigenvalue weighted by molar-refractivity contribution is 7.89. The van der Waals surface area contributed by atoms with Crippen molar-refractivity contribution in [1.82, 2.24) is 4.31 Å². The van der Waals surface area contributed by atoms with E-state index in [2.05, 4.69) is 5.32 Å². The molecule has 1 fully saturated rings. The highest BCUT2D eigenvalue weighted by Crippen LogP contribution is 2.45. The lowest BCUT2D eigenvalue weighted by Gasteiger charge is -2.40. The van der Waals surface area contributed by atoms with Crippen LogP contribution in [0.15, 0.2) is 47.4 Å². The second-order valence-electron chi connectivity index (χ2n) is 7.35. The molecule has 1 N–H and O–H groups in total. The number of rotatable bonds is 8. The van der Waals surface area contributed by atoms with E-state index in [1.807, 2.05) is 12.1 Å². The topological polar surface area (TPSA) is 75.7 Å². The summed E-state index contributed by atoms with van der Waals surface area (Å²) < 4.78 is 32.6. The maximum absolute atomic E-state index is 13.3. The van der Waals surface area contributed by atoms with Crippen LogP contribution in [0.25, 0.3) is 0 Å². The zero-order valence-electron chi connectivity index (χ0n) is 17.4. The lowest BCUT2D eigenvalue weighted by atomic mass is 9.64. The summed E-state index contributed by atoms with van der Waals surface area (Å²) in [6.07, 6.45) is 2.39. The minimum atomic E-state index is -3.66. The second kappa shape index (κ2) is 8.96. The quantitative estimate of drug-likeness (QED) is 0.645. The Hall–Kier alpha value is -2.09. The summed E-state index contributed by atoms with van der Waals surface area (Å²) in [7, 11) is -2.17. The number of methoxy groups -OCH3 is 1. The monoisotopic (exact) mass is 450 g/mol. The van der Waals surface area contributed by atoms with Gasteiger partial charge in [0.2, 0.25) is 15.9 Å². The van der Waals surface area contributed by atoms with E-state index in [4.69, 9.17) is 16.3 Å². The number of nitrogens with zero attached hydrogens (tertiary/aromatic N) is 1. The first-order valence-corrected chi connectivity index (χ1v) is 11.9. The summed E-state index contributed by atoms with van der Waals surface area (Å²) in [5.74, 6) is 0.235. The summed E-state index contributed by atoms with van der Waals surface area (Å²) in [5.41, 5.74) is 0.598. The van der Waals surface area contributed by atoms with Gasteiger partial charge in [-0.2, -0.15) is 4.31 Å². The maximum Gasteiger partial charge on any atom is 0.243 e. The number of anilines is 1. The van der Waals surface area contributed by atoms with Crippen molar-refractivity contribution in [3.63, 3.8) is 0 Å². The van der Waals surface area contributed by atoms with Gasteiger partial charge in [0.15, 0.2) is 0 Å². The van der Waals surface area contributed by atoms with Crippen molar-refractivity contribution in [2.24, 2.45) is 0 Å². The molecule has 0 bridgehead atoms. The molecule has 30 heavy (non-hydrogen) atoms. The van der Waals surface area contributed by atoms with Crippen molar-refractivity contribution >= 4 is 33.2 Å². The number of halogens is 1. The standard InChI is InChI=1S/C22H27ClN2O4S/c1-4-25(5-2)30(27,28)18-11-12-20(29-3)19(15-18)24-21(26)22(13-6-14-22)16-7-9-17(23)10-8-16/h7-12,15H,4-6,13-14H2,1-3H3,(H,24,26). The molecule has 0 saturated heterocycles. The molecular formula is C22H27ClN2O4S. The van der Waals surface area contributed by atoms with Crippen LogP contribution in [0.1, 0.15) is 38.7 Å². The second-order valence-corrected chi connectivity index (χ2v) is 9.72. The zero-order chi connectivity index (χ0) is 21.9. The third-order valence-corrected chi connectivity index (χ3v) is 8.10. The number of ether oxygens (including phenoxy) is 1. The van der Waals surface area contributed by atoms with Crippen LogP contribution in [0.5, 0.6) is 5.75 Å². The van der Waals surface area contributed by atoms with Crippen LogP contribution in [-0.4, -0.2) is 38.8 Å². The molecule has 2 aromatic carbocycles.